The lowest BCUT2D eigenvalue weighted by Gasteiger charge is -2.34. The number of thiazole rings is 1. The Kier molecular flexibility index (Phi) is 3.36. The van der Waals surface area contributed by atoms with Crippen LogP contribution in [0.3, 0.4) is 0 Å². The van der Waals surface area contributed by atoms with Crippen molar-refractivity contribution in [3.05, 3.63) is 36.2 Å². The summed E-state index contributed by atoms with van der Waals surface area (Å²) in [5.41, 5.74) is 8.76. The maximum Gasteiger partial charge on any atom is 0.180 e. The molecule has 1 atom stereocenters. The Morgan fingerprint density at radius 2 is 2.45 bits per heavy atom. The minimum absolute atomic E-state index is 0.184. The van der Waals surface area contributed by atoms with Crippen molar-refractivity contribution in [2.75, 3.05) is 23.7 Å². The second kappa shape index (κ2) is 5.17. The van der Waals surface area contributed by atoms with Gasteiger partial charge in [-0.15, -0.1) is 17.9 Å². The van der Waals surface area contributed by atoms with Crippen LogP contribution in [0.1, 0.15) is 6.92 Å². The van der Waals surface area contributed by atoms with Gasteiger partial charge in [0.2, 0.25) is 0 Å². The number of anilines is 2. The molecule has 0 fully saturated rings. The van der Waals surface area contributed by atoms with E-state index in [4.69, 9.17) is 10.5 Å². The molecule has 0 amide bonds. The zero-order valence-corrected chi connectivity index (χ0v) is 12.2. The Balaban J connectivity index is 2.01. The first-order valence-corrected chi connectivity index (χ1v) is 7.43. The predicted octanol–water partition coefficient (Wildman–Crippen LogP) is 3.17. The van der Waals surface area contributed by atoms with E-state index in [1.165, 1.54) is 11.3 Å². The van der Waals surface area contributed by atoms with E-state index in [-0.39, 0.29) is 6.10 Å². The van der Waals surface area contributed by atoms with Crippen molar-refractivity contribution in [2.45, 2.75) is 13.0 Å². The molecule has 1 aliphatic heterocycles. The number of rotatable bonds is 3. The van der Waals surface area contributed by atoms with Crippen molar-refractivity contribution in [3.63, 3.8) is 0 Å². The van der Waals surface area contributed by atoms with Gasteiger partial charge in [0, 0.05) is 17.5 Å². The van der Waals surface area contributed by atoms with Crippen LogP contribution in [0.2, 0.25) is 0 Å². The summed E-state index contributed by atoms with van der Waals surface area (Å²) in [7, 11) is 0. The molecule has 0 aliphatic carbocycles. The maximum atomic E-state index is 5.89. The van der Waals surface area contributed by atoms with Crippen molar-refractivity contribution in [1.82, 2.24) is 4.98 Å². The summed E-state index contributed by atoms with van der Waals surface area (Å²) in [6.45, 7) is 7.58. The molecule has 2 heterocycles. The summed E-state index contributed by atoms with van der Waals surface area (Å²) < 4.78 is 5.89. The van der Waals surface area contributed by atoms with Gasteiger partial charge in [-0.1, -0.05) is 6.08 Å². The predicted molar refractivity (Wildman–Crippen MR) is 84.5 cm³/mol. The SMILES string of the molecule is C=CCN1CC(C)Oc2ccc(-c3csc(N)n3)cc21. The average Bonchev–Trinajstić information content (AvgIpc) is 2.85. The number of hydrogen-bond donors (Lipinski definition) is 1. The van der Waals surface area contributed by atoms with Gasteiger partial charge in [0.15, 0.2) is 5.13 Å². The van der Waals surface area contributed by atoms with Crippen molar-refractivity contribution in [1.29, 1.82) is 0 Å². The van der Waals surface area contributed by atoms with E-state index in [0.717, 1.165) is 35.8 Å². The topological polar surface area (TPSA) is 51.4 Å². The molecule has 0 saturated carbocycles. The lowest BCUT2D eigenvalue weighted by Crippen LogP contribution is -2.38. The standard InChI is InChI=1S/C15H17N3OS/c1-3-6-18-8-10(2)19-14-5-4-11(7-13(14)18)12-9-20-15(16)17-12/h3-5,7,9-10H,1,6,8H2,2H3,(H2,16,17). The highest BCUT2D eigenvalue weighted by atomic mass is 32.1. The molecule has 3 rings (SSSR count). The molecule has 5 heteroatoms. The summed E-state index contributed by atoms with van der Waals surface area (Å²) in [5, 5.41) is 2.56. The third-order valence-electron chi connectivity index (χ3n) is 3.27. The first-order valence-electron chi connectivity index (χ1n) is 6.55. The van der Waals surface area contributed by atoms with E-state index in [1.54, 1.807) is 0 Å². The van der Waals surface area contributed by atoms with Crippen LogP contribution in [0, 0.1) is 0 Å². The number of nitrogen functional groups attached to an aromatic ring is 1. The lowest BCUT2D eigenvalue weighted by molar-refractivity contribution is 0.214. The van der Waals surface area contributed by atoms with Crippen LogP contribution in [-0.2, 0) is 0 Å². The maximum absolute atomic E-state index is 5.89. The van der Waals surface area contributed by atoms with E-state index in [9.17, 15) is 0 Å². The summed E-state index contributed by atoms with van der Waals surface area (Å²) in [5.74, 6) is 0.914. The van der Waals surface area contributed by atoms with Gasteiger partial charge < -0.3 is 15.4 Å². The highest BCUT2D eigenvalue weighted by molar-refractivity contribution is 7.13. The molecule has 1 aromatic carbocycles. The normalized spacial score (nSPS) is 17.4. The molecule has 0 spiro atoms. The van der Waals surface area contributed by atoms with Crippen LogP contribution >= 0.6 is 11.3 Å². The number of nitrogens with two attached hydrogens (primary N) is 1. The highest BCUT2D eigenvalue weighted by Gasteiger charge is 2.22. The minimum Gasteiger partial charge on any atom is -0.487 e. The van der Waals surface area contributed by atoms with Gasteiger partial charge in [0.1, 0.15) is 11.9 Å². The van der Waals surface area contributed by atoms with Crippen LogP contribution in [0.5, 0.6) is 5.75 Å². The van der Waals surface area contributed by atoms with Crippen LogP contribution in [0.15, 0.2) is 36.2 Å². The molecule has 0 bridgehead atoms. The van der Waals surface area contributed by atoms with Gasteiger partial charge in [0.05, 0.1) is 17.9 Å². The molecule has 0 saturated heterocycles. The molecule has 2 N–H and O–H groups in total. The molecule has 1 unspecified atom stereocenters. The highest BCUT2D eigenvalue weighted by Crippen LogP contribution is 2.37. The van der Waals surface area contributed by atoms with Gasteiger partial charge in [-0.2, -0.15) is 0 Å². The zero-order valence-electron chi connectivity index (χ0n) is 11.4. The molecule has 0 radical (unpaired) electrons. The van der Waals surface area contributed by atoms with Gasteiger partial charge in [-0.25, -0.2) is 4.98 Å². The van der Waals surface area contributed by atoms with Crippen molar-refractivity contribution >= 4 is 22.2 Å². The van der Waals surface area contributed by atoms with Gasteiger partial charge >= 0.3 is 0 Å². The fraction of sp³-hybridized carbons (Fsp3) is 0.267. The molecular formula is C15H17N3OS. The number of nitrogens with zero attached hydrogens (tertiary/aromatic N) is 2. The summed E-state index contributed by atoms with van der Waals surface area (Å²) in [6.07, 6.45) is 2.10. The minimum atomic E-state index is 0.184. The third kappa shape index (κ3) is 2.36. The summed E-state index contributed by atoms with van der Waals surface area (Å²) in [4.78, 5) is 6.61. The van der Waals surface area contributed by atoms with Gasteiger partial charge in [-0.05, 0) is 25.1 Å². The molecular weight excluding hydrogens is 270 g/mol. The number of fused-ring (bicyclic) bond motifs is 1. The van der Waals surface area contributed by atoms with E-state index >= 15 is 0 Å². The smallest absolute Gasteiger partial charge is 0.180 e. The summed E-state index contributed by atoms with van der Waals surface area (Å²) in [6, 6.07) is 6.14. The van der Waals surface area contributed by atoms with Crippen molar-refractivity contribution in [3.8, 4) is 17.0 Å². The Morgan fingerprint density at radius 1 is 1.60 bits per heavy atom. The van der Waals surface area contributed by atoms with Gasteiger partial charge in [0.25, 0.3) is 0 Å². The average molecular weight is 287 g/mol. The number of ether oxygens (including phenoxy) is 1. The lowest BCUT2D eigenvalue weighted by atomic mass is 10.1. The van der Waals surface area contributed by atoms with Crippen LogP contribution in [-0.4, -0.2) is 24.2 Å². The van der Waals surface area contributed by atoms with Crippen LogP contribution in [0.4, 0.5) is 10.8 Å². The van der Waals surface area contributed by atoms with Crippen LogP contribution < -0.4 is 15.4 Å². The van der Waals surface area contributed by atoms with Crippen molar-refractivity contribution < 1.29 is 4.74 Å². The summed E-state index contributed by atoms with van der Waals surface area (Å²) >= 11 is 1.45. The zero-order chi connectivity index (χ0) is 14.1. The van der Waals surface area contributed by atoms with Crippen molar-refractivity contribution in [2.24, 2.45) is 0 Å². The second-order valence-corrected chi connectivity index (χ2v) is 5.77. The number of hydrogen-bond acceptors (Lipinski definition) is 5. The molecule has 104 valence electrons. The number of benzene rings is 1. The fourth-order valence-corrected chi connectivity index (χ4v) is 3.01. The molecule has 2 aromatic rings. The first kappa shape index (κ1) is 13.0. The fourth-order valence-electron chi connectivity index (χ4n) is 2.44. The quantitative estimate of drug-likeness (QED) is 0.881. The van der Waals surface area contributed by atoms with Crippen LogP contribution in [0.25, 0.3) is 11.3 Å². The van der Waals surface area contributed by atoms with E-state index in [2.05, 4.69) is 29.5 Å². The molecule has 20 heavy (non-hydrogen) atoms. The Hall–Kier alpha value is -2.01. The number of aromatic nitrogens is 1. The monoisotopic (exact) mass is 287 g/mol. The molecule has 1 aliphatic rings. The third-order valence-corrected chi connectivity index (χ3v) is 3.95. The Labute approximate surface area is 122 Å². The van der Waals surface area contributed by atoms with E-state index < -0.39 is 0 Å². The van der Waals surface area contributed by atoms with Gasteiger partial charge in [-0.3, -0.25) is 0 Å². The van der Waals surface area contributed by atoms with E-state index in [1.807, 2.05) is 23.6 Å². The molecule has 4 nitrogen and oxygen atoms in total. The first-order chi connectivity index (χ1) is 9.67. The largest absolute Gasteiger partial charge is 0.487 e. The second-order valence-electron chi connectivity index (χ2n) is 4.88. The Bertz CT molecular complexity index is 638. The molecule has 1 aromatic heterocycles. The van der Waals surface area contributed by atoms with E-state index in [0.29, 0.717) is 5.13 Å². The Morgan fingerprint density at radius 3 is 3.15 bits per heavy atom.